The number of unbranched alkanes of at least 4 members (excludes halogenated alkanes) is 1. The molecule has 0 radical (unpaired) electrons. The van der Waals surface area contributed by atoms with Crippen molar-refractivity contribution in [2.24, 2.45) is 10.8 Å². The number of benzene rings is 2. The molecule has 0 bridgehead atoms. The smallest absolute Gasteiger partial charge is 0.338 e. The van der Waals surface area contributed by atoms with Crippen LogP contribution in [-0.2, 0) is 33.2 Å². The summed E-state index contributed by atoms with van der Waals surface area (Å²) in [5, 5.41) is 19.9. The Balaban J connectivity index is 1.84. The molecular formula is C38H52O13. The predicted molar refractivity (Wildman–Crippen MR) is 185 cm³/mol. The summed E-state index contributed by atoms with van der Waals surface area (Å²) < 4.78 is 32.2. The van der Waals surface area contributed by atoms with Crippen molar-refractivity contribution < 1.29 is 62.6 Å². The van der Waals surface area contributed by atoms with E-state index >= 15 is 0 Å². The van der Waals surface area contributed by atoms with E-state index in [1.165, 1.54) is 55.5 Å². The first kappa shape index (κ1) is 42.8. The summed E-state index contributed by atoms with van der Waals surface area (Å²) in [5.74, 6) is -3.34. The Labute approximate surface area is 299 Å². The van der Waals surface area contributed by atoms with E-state index in [2.05, 4.69) is 6.92 Å². The summed E-state index contributed by atoms with van der Waals surface area (Å²) >= 11 is 0. The summed E-state index contributed by atoms with van der Waals surface area (Å²) in [6.45, 7) is 7.80. The van der Waals surface area contributed by atoms with Crippen molar-refractivity contribution in [2.45, 2.75) is 72.8 Å². The highest BCUT2D eigenvalue weighted by molar-refractivity contribution is 5.95. The molecule has 0 saturated carbocycles. The summed E-state index contributed by atoms with van der Waals surface area (Å²) in [5.41, 5.74) is -1.18. The number of carbonyl (C=O) groups is 5. The average molecular weight is 717 g/mol. The molecule has 3 atom stereocenters. The van der Waals surface area contributed by atoms with Crippen LogP contribution in [0.1, 0.15) is 108 Å². The lowest BCUT2D eigenvalue weighted by atomic mass is 9.88. The maximum absolute atomic E-state index is 12.7. The minimum absolute atomic E-state index is 0.0283. The molecule has 282 valence electrons. The van der Waals surface area contributed by atoms with Crippen LogP contribution in [0.2, 0.25) is 0 Å². The molecule has 0 amide bonds. The number of rotatable bonds is 23. The molecule has 51 heavy (non-hydrogen) atoms. The zero-order valence-electron chi connectivity index (χ0n) is 30.3. The van der Waals surface area contributed by atoms with Crippen molar-refractivity contribution in [3.8, 4) is 0 Å². The van der Waals surface area contributed by atoms with Gasteiger partial charge >= 0.3 is 29.8 Å². The van der Waals surface area contributed by atoms with Gasteiger partial charge in [0.05, 0.1) is 59.0 Å². The van der Waals surface area contributed by atoms with Crippen molar-refractivity contribution in [1.82, 2.24) is 0 Å². The van der Waals surface area contributed by atoms with Crippen molar-refractivity contribution in [3.63, 3.8) is 0 Å². The van der Waals surface area contributed by atoms with Gasteiger partial charge in [-0.05, 0) is 68.7 Å². The molecule has 0 aliphatic rings. The number of hydrogen-bond donors (Lipinski definition) is 2. The van der Waals surface area contributed by atoms with Gasteiger partial charge in [-0.2, -0.15) is 0 Å². The van der Waals surface area contributed by atoms with Gasteiger partial charge in [0.25, 0.3) is 0 Å². The molecule has 0 saturated heterocycles. The maximum atomic E-state index is 12.7. The van der Waals surface area contributed by atoms with Gasteiger partial charge in [-0.3, -0.25) is 4.79 Å². The Bertz CT molecular complexity index is 1410. The molecule has 0 fully saturated rings. The highest BCUT2D eigenvalue weighted by atomic mass is 16.6. The van der Waals surface area contributed by atoms with Crippen LogP contribution in [0.3, 0.4) is 0 Å². The SMILES string of the molecule is CCCCC(C)OCC(CC)(CO)COC(=O)c1ccc(C(=O)OCCOC(=O)c2cccc(C(=O)OCC(CC)(CO)COC(C)=O)c2)cc1. The Hall–Kier alpha value is -4.33. The van der Waals surface area contributed by atoms with E-state index < -0.39 is 40.7 Å². The third-order valence-corrected chi connectivity index (χ3v) is 8.65. The minimum Gasteiger partial charge on any atom is -0.465 e. The van der Waals surface area contributed by atoms with E-state index in [4.69, 9.17) is 28.4 Å². The quantitative estimate of drug-likeness (QED) is 0.0897. The van der Waals surface area contributed by atoms with E-state index in [1.807, 2.05) is 13.8 Å². The Kier molecular flexibility index (Phi) is 18.3. The van der Waals surface area contributed by atoms with Crippen LogP contribution in [0.15, 0.2) is 48.5 Å². The van der Waals surface area contributed by atoms with Gasteiger partial charge in [0.1, 0.15) is 33.0 Å². The fourth-order valence-electron chi connectivity index (χ4n) is 4.60. The number of hydrogen-bond acceptors (Lipinski definition) is 13. The third-order valence-electron chi connectivity index (χ3n) is 8.65. The summed E-state index contributed by atoms with van der Waals surface area (Å²) in [6.07, 6.45) is 3.97. The second kappa shape index (κ2) is 21.8. The Morgan fingerprint density at radius 2 is 1.06 bits per heavy atom. The van der Waals surface area contributed by atoms with Crippen molar-refractivity contribution in [3.05, 3.63) is 70.8 Å². The lowest BCUT2D eigenvalue weighted by molar-refractivity contribution is -0.147. The molecule has 13 heteroatoms. The van der Waals surface area contributed by atoms with E-state index in [0.717, 1.165) is 19.3 Å². The normalized spacial score (nSPS) is 13.9. The van der Waals surface area contributed by atoms with Gasteiger partial charge in [-0.1, -0.05) is 39.7 Å². The lowest BCUT2D eigenvalue weighted by Gasteiger charge is -2.31. The van der Waals surface area contributed by atoms with Crippen LogP contribution < -0.4 is 0 Å². The number of aliphatic hydroxyl groups excluding tert-OH is 2. The highest BCUT2D eigenvalue weighted by Crippen LogP contribution is 2.25. The largest absolute Gasteiger partial charge is 0.465 e. The lowest BCUT2D eigenvalue weighted by Crippen LogP contribution is -2.37. The number of carbonyl (C=O) groups excluding carboxylic acids is 5. The second-order valence-corrected chi connectivity index (χ2v) is 12.6. The van der Waals surface area contributed by atoms with Gasteiger partial charge in [0, 0.05) is 6.92 Å². The summed E-state index contributed by atoms with van der Waals surface area (Å²) in [6, 6.07) is 11.3. The molecule has 0 aromatic heterocycles. The molecule has 0 heterocycles. The molecular weight excluding hydrogens is 664 g/mol. The van der Waals surface area contributed by atoms with Crippen LogP contribution >= 0.6 is 0 Å². The zero-order chi connectivity index (χ0) is 37.9. The fraction of sp³-hybridized carbons (Fsp3) is 0.553. The van der Waals surface area contributed by atoms with E-state index in [9.17, 15) is 34.2 Å². The Morgan fingerprint density at radius 3 is 1.51 bits per heavy atom. The zero-order valence-corrected chi connectivity index (χ0v) is 30.3. The van der Waals surface area contributed by atoms with E-state index in [-0.39, 0.29) is 81.2 Å². The van der Waals surface area contributed by atoms with Crippen molar-refractivity contribution in [2.75, 3.05) is 52.9 Å². The first-order valence-electron chi connectivity index (χ1n) is 17.2. The standard InChI is InChI=1S/C38H52O13/c1-6-9-11-27(4)48-23-37(7-2,21-39)25-50-34(43)30-16-14-29(15-17-30)33(42)46-18-19-47-35(44)31-12-10-13-32(20-31)36(45)51-26-38(8-3,22-40)24-49-28(5)41/h10,12-17,20,27,39-40H,6-9,11,18-19,21-26H2,1-5H3. The first-order chi connectivity index (χ1) is 24.4. The van der Waals surface area contributed by atoms with Gasteiger partial charge in [0.2, 0.25) is 0 Å². The van der Waals surface area contributed by atoms with Crippen LogP contribution in [0, 0.1) is 10.8 Å². The molecule has 0 aliphatic carbocycles. The highest BCUT2D eigenvalue weighted by Gasteiger charge is 2.32. The first-order valence-corrected chi connectivity index (χ1v) is 17.2. The Morgan fingerprint density at radius 1 is 0.627 bits per heavy atom. The fourth-order valence-corrected chi connectivity index (χ4v) is 4.60. The summed E-state index contributed by atoms with van der Waals surface area (Å²) in [4.78, 5) is 61.7. The molecule has 0 aliphatic heterocycles. The second-order valence-electron chi connectivity index (χ2n) is 12.6. The van der Waals surface area contributed by atoms with E-state index in [0.29, 0.717) is 12.8 Å². The number of aliphatic hydroxyl groups is 2. The number of ether oxygens (including phenoxy) is 6. The van der Waals surface area contributed by atoms with Gasteiger partial charge in [0.15, 0.2) is 0 Å². The molecule has 0 spiro atoms. The van der Waals surface area contributed by atoms with Crippen LogP contribution in [0.5, 0.6) is 0 Å². The minimum atomic E-state index is -0.964. The van der Waals surface area contributed by atoms with Crippen LogP contribution in [0.4, 0.5) is 0 Å². The topological polar surface area (TPSA) is 181 Å². The molecule has 2 aromatic rings. The van der Waals surface area contributed by atoms with Crippen LogP contribution in [-0.4, -0.2) is 99.0 Å². The monoisotopic (exact) mass is 716 g/mol. The van der Waals surface area contributed by atoms with Gasteiger partial charge < -0.3 is 38.6 Å². The number of esters is 5. The molecule has 2 rings (SSSR count). The molecule has 3 unspecified atom stereocenters. The van der Waals surface area contributed by atoms with Gasteiger partial charge in [-0.15, -0.1) is 0 Å². The van der Waals surface area contributed by atoms with Crippen molar-refractivity contribution in [1.29, 1.82) is 0 Å². The molecule has 2 N–H and O–H groups in total. The van der Waals surface area contributed by atoms with Crippen LogP contribution in [0.25, 0.3) is 0 Å². The average Bonchev–Trinajstić information content (AvgIpc) is 3.15. The predicted octanol–water partition coefficient (Wildman–Crippen LogP) is 4.95. The third kappa shape index (κ3) is 14.1. The molecule has 2 aromatic carbocycles. The van der Waals surface area contributed by atoms with Crippen molar-refractivity contribution >= 4 is 29.8 Å². The maximum Gasteiger partial charge on any atom is 0.338 e. The molecule has 13 nitrogen and oxygen atoms in total. The van der Waals surface area contributed by atoms with Gasteiger partial charge in [-0.25, -0.2) is 19.2 Å². The summed E-state index contributed by atoms with van der Waals surface area (Å²) in [7, 11) is 0. The van der Waals surface area contributed by atoms with E-state index in [1.54, 1.807) is 6.92 Å².